The van der Waals surface area contributed by atoms with Gasteiger partial charge in [-0.15, -0.1) is 0 Å². The van der Waals surface area contributed by atoms with Crippen molar-refractivity contribution < 1.29 is 25.2 Å². The van der Waals surface area contributed by atoms with Crippen LogP contribution in [-0.4, -0.2) is 57.3 Å². The Balaban J connectivity index is 3.65. The van der Waals surface area contributed by atoms with Gasteiger partial charge < -0.3 is 25.7 Å². The summed E-state index contributed by atoms with van der Waals surface area (Å²) >= 11 is 0. The van der Waals surface area contributed by atoms with Crippen LogP contribution < -0.4 is 5.32 Å². The third-order valence-electron chi connectivity index (χ3n) is 8.73. The first-order chi connectivity index (χ1) is 21.0. The van der Waals surface area contributed by atoms with Gasteiger partial charge in [0.1, 0.15) is 12.2 Å². The van der Waals surface area contributed by atoms with Crippen LogP contribution in [0.5, 0.6) is 0 Å². The maximum absolute atomic E-state index is 12.3. The Labute approximate surface area is 266 Å². The van der Waals surface area contributed by atoms with Crippen molar-refractivity contribution in [3.8, 4) is 0 Å². The molecule has 6 nitrogen and oxygen atoms in total. The predicted octanol–water partition coefficient (Wildman–Crippen LogP) is 8.67. The van der Waals surface area contributed by atoms with Gasteiger partial charge in [0.15, 0.2) is 0 Å². The van der Waals surface area contributed by atoms with Gasteiger partial charge in [0.05, 0.1) is 18.8 Å². The summed E-state index contributed by atoms with van der Waals surface area (Å²) in [5.74, 6) is -0.594. The Hall–Kier alpha value is -0.950. The summed E-state index contributed by atoms with van der Waals surface area (Å²) in [6.45, 7) is 3.94. The van der Waals surface area contributed by atoms with E-state index in [1.54, 1.807) is 0 Å². The molecule has 0 aromatic heterocycles. The molecule has 0 fully saturated rings. The fraction of sp³-hybridized carbons (Fsp3) is 0.919. The molecular formula is C37H73NO5. The molecule has 1 amide bonds. The van der Waals surface area contributed by atoms with Gasteiger partial charge in [-0.25, -0.2) is 0 Å². The summed E-state index contributed by atoms with van der Waals surface area (Å²) in [6, 6.07) is -0.980. The SMILES string of the molecule is CCCCCCCCCCCCCC/C=C\CCCCCCCCC(O)C(=O)NC(CO)C(O)C(O)CCCCCCC. The highest BCUT2D eigenvalue weighted by Gasteiger charge is 2.28. The van der Waals surface area contributed by atoms with Crippen molar-refractivity contribution in [2.75, 3.05) is 6.61 Å². The van der Waals surface area contributed by atoms with Crippen LogP contribution in [0.4, 0.5) is 0 Å². The van der Waals surface area contributed by atoms with E-state index >= 15 is 0 Å². The highest BCUT2D eigenvalue weighted by atomic mass is 16.3. The monoisotopic (exact) mass is 612 g/mol. The van der Waals surface area contributed by atoms with Crippen molar-refractivity contribution in [1.82, 2.24) is 5.32 Å². The number of hydrogen-bond donors (Lipinski definition) is 5. The van der Waals surface area contributed by atoms with Crippen molar-refractivity contribution in [3.63, 3.8) is 0 Å². The number of rotatable bonds is 33. The molecule has 0 saturated heterocycles. The van der Waals surface area contributed by atoms with E-state index in [0.717, 1.165) is 57.8 Å². The molecule has 0 bridgehead atoms. The molecular weight excluding hydrogens is 538 g/mol. The Morgan fingerprint density at radius 1 is 0.558 bits per heavy atom. The number of carbonyl (C=O) groups is 1. The third-order valence-corrected chi connectivity index (χ3v) is 8.73. The number of carbonyl (C=O) groups excluding carboxylic acids is 1. The van der Waals surface area contributed by atoms with Crippen LogP contribution in [0.2, 0.25) is 0 Å². The number of nitrogens with one attached hydrogen (secondary N) is 1. The maximum Gasteiger partial charge on any atom is 0.249 e. The molecule has 0 saturated carbocycles. The molecule has 5 N–H and O–H groups in total. The molecule has 0 radical (unpaired) electrons. The molecule has 6 heteroatoms. The zero-order chi connectivity index (χ0) is 31.8. The van der Waals surface area contributed by atoms with E-state index in [0.29, 0.717) is 12.8 Å². The summed E-state index contributed by atoms with van der Waals surface area (Å²) in [4.78, 5) is 12.3. The van der Waals surface area contributed by atoms with Crippen LogP contribution in [0.1, 0.15) is 187 Å². The van der Waals surface area contributed by atoms with Crippen LogP contribution in [0, 0.1) is 0 Å². The van der Waals surface area contributed by atoms with E-state index in [9.17, 15) is 25.2 Å². The second-order valence-corrected chi connectivity index (χ2v) is 12.9. The van der Waals surface area contributed by atoms with E-state index in [1.807, 2.05) is 0 Å². The first kappa shape index (κ1) is 42.0. The molecule has 0 aliphatic heterocycles. The van der Waals surface area contributed by atoms with Crippen molar-refractivity contribution in [2.45, 2.75) is 212 Å². The van der Waals surface area contributed by atoms with E-state index in [-0.39, 0.29) is 0 Å². The Morgan fingerprint density at radius 3 is 1.35 bits per heavy atom. The number of aliphatic hydroxyl groups is 4. The topological polar surface area (TPSA) is 110 Å². The third kappa shape index (κ3) is 27.1. The van der Waals surface area contributed by atoms with Gasteiger partial charge in [0.25, 0.3) is 0 Å². The summed E-state index contributed by atoms with van der Waals surface area (Å²) in [5.41, 5.74) is 0. The van der Waals surface area contributed by atoms with Gasteiger partial charge in [0.2, 0.25) is 5.91 Å². The number of aliphatic hydroxyl groups excluding tert-OH is 4. The summed E-state index contributed by atoms with van der Waals surface area (Å²) < 4.78 is 0. The molecule has 0 spiro atoms. The molecule has 0 aromatic carbocycles. The lowest BCUT2D eigenvalue weighted by Crippen LogP contribution is -2.53. The van der Waals surface area contributed by atoms with Gasteiger partial charge in [-0.1, -0.05) is 161 Å². The first-order valence-corrected chi connectivity index (χ1v) is 18.6. The van der Waals surface area contributed by atoms with Crippen molar-refractivity contribution >= 4 is 5.91 Å². The molecule has 0 rings (SSSR count). The lowest BCUT2D eigenvalue weighted by Gasteiger charge is -2.27. The first-order valence-electron chi connectivity index (χ1n) is 18.6. The molecule has 256 valence electrons. The Morgan fingerprint density at radius 2 is 0.930 bits per heavy atom. The normalized spacial score (nSPS) is 14.7. The quantitative estimate of drug-likeness (QED) is 0.0377. The lowest BCUT2D eigenvalue weighted by molar-refractivity contribution is -0.132. The number of hydrogen-bond acceptors (Lipinski definition) is 5. The van der Waals surface area contributed by atoms with Crippen molar-refractivity contribution in [3.05, 3.63) is 12.2 Å². The van der Waals surface area contributed by atoms with Crippen LogP contribution in [0.15, 0.2) is 12.2 Å². The summed E-state index contributed by atoms with van der Waals surface area (Å²) in [6.07, 6.45) is 32.8. The van der Waals surface area contributed by atoms with E-state index in [2.05, 4.69) is 31.3 Å². The van der Waals surface area contributed by atoms with Crippen LogP contribution >= 0.6 is 0 Å². The van der Waals surface area contributed by atoms with Gasteiger partial charge >= 0.3 is 0 Å². The molecule has 4 atom stereocenters. The van der Waals surface area contributed by atoms with Gasteiger partial charge in [-0.3, -0.25) is 4.79 Å². The molecule has 0 aliphatic rings. The zero-order valence-corrected chi connectivity index (χ0v) is 28.5. The minimum atomic E-state index is -1.25. The fourth-order valence-corrected chi connectivity index (χ4v) is 5.69. The largest absolute Gasteiger partial charge is 0.394 e. The fourth-order valence-electron chi connectivity index (χ4n) is 5.69. The van der Waals surface area contributed by atoms with Gasteiger partial charge in [0, 0.05) is 0 Å². The average Bonchev–Trinajstić information content (AvgIpc) is 3.01. The number of amides is 1. The Bertz CT molecular complexity index is 614. The maximum atomic E-state index is 12.3. The standard InChI is InChI=1S/C37H73NO5/c1-3-5-7-9-10-11-12-13-14-15-16-17-18-19-20-21-22-23-24-25-27-29-31-35(41)37(43)38-33(32-39)36(42)34(40)30-28-26-8-6-4-2/h19-20,33-36,39-42H,3-18,21-32H2,1-2H3,(H,38,43)/b20-19-. The van der Waals surface area contributed by atoms with Crippen LogP contribution in [0.25, 0.3) is 0 Å². The van der Waals surface area contributed by atoms with Crippen molar-refractivity contribution in [2.24, 2.45) is 0 Å². The van der Waals surface area contributed by atoms with Crippen molar-refractivity contribution in [1.29, 1.82) is 0 Å². The predicted molar refractivity (Wildman–Crippen MR) is 182 cm³/mol. The van der Waals surface area contributed by atoms with Crippen LogP contribution in [-0.2, 0) is 4.79 Å². The molecule has 0 heterocycles. The number of allylic oxidation sites excluding steroid dienone is 2. The highest BCUT2D eigenvalue weighted by molar-refractivity contribution is 5.80. The summed E-state index contributed by atoms with van der Waals surface area (Å²) in [5, 5.41) is 43.0. The highest BCUT2D eigenvalue weighted by Crippen LogP contribution is 2.15. The van der Waals surface area contributed by atoms with Crippen LogP contribution in [0.3, 0.4) is 0 Å². The van der Waals surface area contributed by atoms with E-state index in [4.69, 9.17) is 0 Å². The van der Waals surface area contributed by atoms with E-state index < -0.39 is 36.9 Å². The second kappa shape index (κ2) is 32.4. The number of unbranched alkanes of at least 4 members (excludes halogenated alkanes) is 22. The lowest BCUT2D eigenvalue weighted by atomic mass is 9.99. The minimum absolute atomic E-state index is 0.363. The van der Waals surface area contributed by atoms with Gasteiger partial charge in [-0.2, -0.15) is 0 Å². The zero-order valence-electron chi connectivity index (χ0n) is 28.5. The van der Waals surface area contributed by atoms with E-state index in [1.165, 1.54) is 103 Å². The minimum Gasteiger partial charge on any atom is -0.394 e. The smallest absolute Gasteiger partial charge is 0.249 e. The average molecular weight is 612 g/mol. The second-order valence-electron chi connectivity index (χ2n) is 12.9. The molecule has 0 aromatic rings. The molecule has 43 heavy (non-hydrogen) atoms. The van der Waals surface area contributed by atoms with Gasteiger partial charge in [-0.05, 0) is 38.5 Å². The molecule has 4 unspecified atom stereocenters. The summed E-state index contributed by atoms with van der Waals surface area (Å²) in [7, 11) is 0. The molecule has 0 aliphatic carbocycles. The Kier molecular flexibility index (Phi) is 31.7.